The second-order valence-electron chi connectivity index (χ2n) is 4.61. The first-order valence-electron chi connectivity index (χ1n) is 6.61. The predicted molar refractivity (Wildman–Crippen MR) is 78.0 cm³/mol. The van der Waals surface area contributed by atoms with E-state index in [2.05, 4.69) is 19.1 Å². The molecule has 98 valence electrons. The van der Waals surface area contributed by atoms with Crippen LogP contribution in [0.3, 0.4) is 0 Å². The highest BCUT2D eigenvalue weighted by atomic mass is 16.2. The second-order valence-corrected chi connectivity index (χ2v) is 4.61. The Morgan fingerprint density at radius 2 is 1.63 bits per heavy atom. The minimum absolute atomic E-state index is 0.0892. The Morgan fingerprint density at radius 3 is 2.26 bits per heavy atom. The lowest BCUT2D eigenvalue weighted by atomic mass is 10.1. The highest BCUT2D eigenvalue weighted by Gasteiger charge is 2.14. The lowest BCUT2D eigenvalue weighted by Gasteiger charge is -2.22. The molecule has 0 heterocycles. The van der Waals surface area contributed by atoms with E-state index in [9.17, 15) is 4.79 Å². The van der Waals surface area contributed by atoms with Crippen LogP contribution in [0.25, 0.3) is 0 Å². The predicted octanol–water partition coefficient (Wildman–Crippen LogP) is 3.66. The quantitative estimate of drug-likeness (QED) is 0.814. The molecule has 0 aliphatic heterocycles. The second kappa shape index (κ2) is 6.19. The number of benzene rings is 2. The standard InChI is InChI=1S/C17H19NO/c1-3-18(13-16-12-8-7-9-14(16)2)17(19)15-10-5-4-6-11-15/h4-12H,3,13H2,1-2H3. The van der Waals surface area contributed by atoms with Crippen LogP contribution in [-0.4, -0.2) is 17.4 Å². The fraction of sp³-hybridized carbons (Fsp3) is 0.235. The van der Waals surface area contributed by atoms with Gasteiger partial charge in [-0.3, -0.25) is 4.79 Å². The molecule has 19 heavy (non-hydrogen) atoms. The Morgan fingerprint density at radius 1 is 1.00 bits per heavy atom. The monoisotopic (exact) mass is 253 g/mol. The minimum Gasteiger partial charge on any atom is -0.335 e. The maximum atomic E-state index is 12.4. The Kier molecular flexibility index (Phi) is 4.35. The molecule has 0 spiro atoms. The number of hydrogen-bond acceptors (Lipinski definition) is 1. The van der Waals surface area contributed by atoms with Crippen molar-refractivity contribution in [3.63, 3.8) is 0 Å². The first-order valence-corrected chi connectivity index (χ1v) is 6.61. The van der Waals surface area contributed by atoms with Gasteiger partial charge in [0, 0.05) is 18.7 Å². The maximum absolute atomic E-state index is 12.4. The molecule has 0 aliphatic carbocycles. The van der Waals surface area contributed by atoms with Crippen LogP contribution in [0.2, 0.25) is 0 Å². The minimum atomic E-state index is 0.0892. The van der Waals surface area contributed by atoms with Crippen molar-refractivity contribution in [1.82, 2.24) is 4.90 Å². The molecular weight excluding hydrogens is 234 g/mol. The number of nitrogens with zero attached hydrogens (tertiary/aromatic N) is 1. The van der Waals surface area contributed by atoms with Gasteiger partial charge >= 0.3 is 0 Å². The van der Waals surface area contributed by atoms with Gasteiger partial charge in [-0.15, -0.1) is 0 Å². The molecule has 2 rings (SSSR count). The average molecular weight is 253 g/mol. The van der Waals surface area contributed by atoms with E-state index in [1.54, 1.807) is 0 Å². The molecule has 0 aliphatic rings. The largest absolute Gasteiger partial charge is 0.335 e. The van der Waals surface area contributed by atoms with E-state index < -0.39 is 0 Å². The van der Waals surface area contributed by atoms with E-state index in [-0.39, 0.29) is 5.91 Å². The van der Waals surface area contributed by atoms with Crippen molar-refractivity contribution in [2.45, 2.75) is 20.4 Å². The van der Waals surface area contributed by atoms with Gasteiger partial charge in [-0.1, -0.05) is 42.5 Å². The summed E-state index contributed by atoms with van der Waals surface area (Å²) in [5.74, 6) is 0.0892. The normalized spacial score (nSPS) is 10.2. The third-order valence-corrected chi connectivity index (χ3v) is 3.31. The van der Waals surface area contributed by atoms with Crippen LogP contribution in [-0.2, 0) is 6.54 Å². The van der Waals surface area contributed by atoms with Crippen molar-refractivity contribution in [3.05, 3.63) is 71.3 Å². The SMILES string of the molecule is CCN(Cc1ccccc1C)C(=O)c1ccccc1. The molecule has 1 amide bonds. The Bertz CT molecular complexity index is 548. The number of carbonyl (C=O) groups excluding carboxylic acids is 1. The highest BCUT2D eigenvalue weighted by molar-refractivity contribution is 5.94. The summed E-state index contributed by atoms with van der Waals surface area (Å²) in [6, 6.07) is 17.6. The topological polar surface area (TPSA) is 20.3 Å². The summed E-state index contributed by atoms with van der Waals surface area (Å²) in [5.41, 5.74) is 3.17. The summed E-state index contributed by atoms with van der Waals surface area (Å²) in [5, 5.41) is 0. The van der Waals surface area contributed by atoms with Crippen LogP contribution in [0.4, 0.5) is 0 Å². The van der Waals surface area contributed by atoms with Gasteiger partial charge in [0.05, 0.1) is 0 Å². The summed E-state index contributed by atoms with van der Waals surface area (Å²) in [6.07, 6.45) is 0. The van der Waals surface area contributed by atoms with Crippen molar-refractivity contribution >= 4 is 5.91 Å². The van der Waals surface area contributed by atoms with Crippen LogP contribution in [0.5, 0.6) is 0 Å². The van der Waals surface area contributed by atoms with E-state index in [0.717, 1.165) is 5.56 Å². The first-order chi connectivity index (χ1) is 9.22. The number of amides is 1. The van der Waals surface area contributed by atoms with Crippen LogP contribution in [0.1, 0.15) is 28.4 Å². The molecule has 2 heteroatoms. The molecule has 2 aromatic rings. The maximum Gasteiger partial charge on any atom is 0.254 e. The van der Waals surface area contributed by atoms with Crippen molar-refractivity contribution in [2.75, 3.05) is 6.54 Å². The fourth-order valence-corrected chi connectivity index (χ4v) is 2.08. The number of aryl methyl sites for hydroxylation is 1. The van der Waals surface area contributed by atoms with Gasteiger partial charge in [0.1, 0.15) is 0 Å². The van der Waals surface area contributed by atoms with Gasteiger partial charge in [0.15, 0.2) is 0 Å². The molecular formula is C17H19NO. The fourth-order valence-electron chi connectivity index (χ4n) is 2.08. The molecule has 2 aromatic carbocycles. The Balaban J connectivity index is 2.17. The van der Waals surface area contributed by atoms with Gasteiger partial charge in [-0.25, -0.2) is 0 Å². The van der Waals surface area contributed by atoms with E-state index >= 15 is 0 Å². The summed E-state index contributed by atoms with van der Waals surface area (Å²) < 4.78 is 0. The van der Waals surface area contributed by atoms with Crippen LogP contribution in [0.15, 0.2) is 54.6 Å². The molecule has 0 aromatic heterocycles. The first kappa shape index (κ1) is 13.3. The van der Waals surface area contributed by atoms with E-state index in [1.165, 1.54) is 11.1 Å². The summed E-state index contributed by atoms with van der Waals surface area (Å²) in [4.78, 5) is 14.3. The van der Waals surface area contributed by atoms with E-state index in [1.807, 2.05) is 54.3 Å². The summed E-state index contributed by atoms with van der Waals surface area (Å²) in [6.45, 7) is 5.47. The van der Waals surface area contributed by atoms with Gasteiger partial charge in [-0.2, -0.15) is 0 Å². The Hall–Kier alpha value is -2.09. The molecule has 2 nitrogen and oxygen atoms in total. The lowest BCUT2D eigenvalue weighted by molar-refractivity contribution is 0.0752. The van der Waals surface area contributed by atoms with Crippen LogP contribution in [0, 0.1) is 6.92 Å². The summed E-state index contributed by atoms with van der Waals surface area (Å²) in [7, 11) is 0. The molecule has 0 radical (unpaired) electrons. The third kappa shape index (κ3) is 3.22. The van der Waals surface area contributed by atoms with Crippen molar-refractivity contribution in [1.29, 1.82) is 0 Å². The number of hydrogen-bond donors (Lipinski definition) is 0. The van der Waals surface area contributed by atoms with Gasteiger partial charge in [0.25, 0.3) is 5.91 Å². The molecule has 0 atom stereocenters. The molecule has 0 unspecified atom stereocenters. The van der Waals surface area contributed by atoms with E-state index in [0.29, 0.717) is 13.1 Å². The van der Waals surface area contributed by atoms with Crippen molar-refractivity contribution in [3.8, 4) is 0 Å². The van der Waals surface area contributed by atoms with Crippen molar-refractivity contribution < 1.29 is 4.79 Å². The molecule has 0 fully saturated rings. The highest BCUT2D eigenvalue weighted by Crippen LogP contribution is 2.13. The zero-order valence-corrected chi connectivity index (χ0v) is 11.5. The van der Waals surface area contributed by atoms with Crippen LogP contribution >= 0.6 is 0 Å². The molecule has 0 N–H and O–H groups in total. The van der Waals surface area contributed by atoms with Gasteiger partial charge in [0.2, 0.25) is 0 Å². The Labute approximate surface area is 114 Å². The number of carbonyl (C=O) groups is 1. The smallest absolute Gasteiger partial charge is 0.254 e. The number of rotatable bonds is 4. The van der Waals surface area contributed by atoms with Gasteiger partial charge < -0.3 is 4.90 Å². The van der Waals surface area contributed by atoms with Crippen molar-refractivity contribution in [2.24, 2.45) is 0 Å². The summed E-state index contributed by atoms with van der Waals surface area (Å²) >= 11 is 0. The zero-order chi connectivity index (χ0) is 13.7. The average Bonchev–Trinajstić information content (AvgIpc) is 2.47. The van der Waals surface area contributed by atoms with Crippen LogP contribution < -0.4 is 0 Å². The van der Waals surface area contributed by atoms with Gasteiger partial charge in [-0.05, 0) is 37.1 Å². The zero-order valence-electron chi connectivity index (χ0n) is 11.5. The molecule has 0 saturated carbocycles. The van der Waals surface area contributed by atoms with E-state index in [4.69, 9.17) is 0 Å². The third-order valence-electron chi connectivity index (χ3n) is 3.31. The lowest BCUT2D eigenvalue weighted by Crippen LogP contribution is -2.30. The molecule has 0 saturated heterocycles. The molecule has 0 bridgehead atoms.